The summed E-state index contributed by atoms with van der Waals surface area (Å²) < 4.78 is 32.7. The number of aliphatic hydroxyl groups excluding tert-OH is 1. The fourth-order valence-corrected chi connectivity index (χ4v) is 6.05. The molecular weight excluding hydrogens is 396 g/mol. The molecule has 1 amide bonds. The fraction of sp³-hybridized carbons (Fsp3) is 0.474. The zero-order valence-electron chi connectivity index (χ0n) is 16.4. The lowest BCUT2D eigenvalue weighted by molar-refractivity contribution is 0.0294. The zero-order chi connectivity index (χ0) is 20.8. The molecule has 0 unspecified atom stereocenters. The Balaban J connectivity index is 1.63. The number of sulfonamides is 1. The van der Waals surface area contributed by atoms with Crippen LogP contribution in [0.2, 0.25) is 0 Å². The lowest BCUT2D eigenvalue weighted by Gasteiger charge is -2.51. The van der Waals surface area contributed by atoms with Crippen molar-refractivity contribution in [3.8, 4) is 0 Å². The highest BCUT2D eigenvalue weighted by molar-refractivity contribution is 7.89. The van der Waals surface area contributed by atoms with E-state index in [1.54, 1.807) is 30.9 Å². The molecule has 2 aromatic rings. The van der Waals surface area contributed by atoms with Crippen molar-refractivity contribution in [3.63, 3.8) is 0 Å². The summed E-state index contributed by atoms with van der Waals surface area (Å²) in [5.74, 6) is 0.111. The molecule has 1 fully saturated rings. The third-order valence-electron chi connectivity index (χ3n) is 5.73. The minimum atomic E-state index is -3.74. The van der Waals surface area contributed by atoms with Gasteiger partial charge < -0.3 is 19.8 Å². The molecular formula is C19H24N4O5S. The first-order valence-corrected chi connectivity index (χ1v) is 11.0. The van der Waals surface area contributed by atoms with Gasteiger partial charge in [-0.3, -0.25) is 4.79 Å². The van der Waals surface area contributed by atoms with Crippen LogP contribution in [0.25, 0.3) is 0 Å². The molecule has 0 radical (unpaired) electrons. The Kier molecular flexibility index (Phi) is 4.88. The van der Waals surface area contributed by atoms with Gasteiger partial charge in [0.25, 0.3) is 5.91 Å². The first kappa shape index (κ1) is 19.9. The molecule has 2 aliphatic rings. The van der Waals surface area contributed by atoms with E-state index in [4.69, 9.17) is 4.52 Å². The monoisotopic (exact) mass is 420 g/mol. The third kappa shape index (κ3) is 3.11. The highest BCUT2D eigenvalue weighted by Gasteiger charge is 2.48. The molecule has 29 heavy (non-hydrogen) atoms. The summed E-state index contributed by atoms with van der Waals surface area (Å²) >= 11 is 0. The normalized spacial score (nSPS) is 19.3. The number of para-hydroxylation sites is 1. The number of amides is 1. The van der Waals surface area contributed by atoms with E-state index in [1.807, 2.05) is 12.1 Å². The van der Waals surface area contributed by atoms with Crippen molar-refractivity contribution in [2.75, 3.05) is 31.6 Å². The minimum absolute atomic E-state index is 0.110. The van der Waals surface area contributed by atoms with Crippen LogP contribution in [0.3, 0.4) is 0 Å². The Morgan fingerprint density at radius 2 is 1.93 bits per heavy atom. The van der Waals surface area contributed by atoms with Gasteiger partial charge in [-0.1, -0.05) is 17.3 Å². The highest BCUT2D eigenvalue weighted by Crippen LogP contribution is 2.39. The molecule has 1 aromatic carbocycles. The smallest absolute Gasteiger partial charge is 0.257 e. The molecule has 2 N–H and O–H groups in total. The van der Waals surface area contributed by atoms with E-state index in [0.29, 0.717) is 24.1 Å². The SMILES string of the molecule is Cc1noc(C)c1S(=O)(=O)N1CCC2(CC1)Nc1ccccc1C(=O)N2CCO. The van der Waals surface area contributed by atoms with Gasteiger partial charge in [-0.05, 0) is 26.0 Å². The molecule has 156 valence electrons. The van der Waals surface area contributed by atoms with Crippen LogP contribution in [0.15, 0.2) is 33.7 Å². The van der Waals surface area contributed by atoms with E-state index in [2.05, 4.69) is 10.5 Å². The number of aryl methyl sites for hydroxylation is 2. The summed E-state index contributed by atoms with van der Waals surface area (Å²) in [6.45, 7) is 3.67. The second-order valence-corrected chi connectivity index (χ2v) is 9.31. The number of hydrogen-bond acceptors (Lipinski definition) is 7. The van der Waals surface area contributed by atoms with Crippen molar-refractivity contribution in [1.82, 2.24) is 14.4 Å². The maximum Gasteiger partial charge on any atom is 0.257 e. The van der Waals surface area contributed by atoms with Crippen LogP contribution < -0.4 is 5.32 Å². The first-order chi connectivity index (χ1) is 13.8. The number of aromatic nitrogens is 1. The van der Waals surface area contributed by atoms with Crippen molar-refractivity contribution in [2.45, 2.75) is 37.2 Å². The minimum Gasteiger partial charge on any atom is -0.395 e. The largest absolute Gasteiger partial charge is 0.395 e. The van der Waals surface area contributed by atoms with Crippen molar-refractivity contribution in [1.29, 1.82) is 0 Å². The number of nitrogens with zero attached hydrogens (tertiary/aromatic N) is 3. The first-order valence-electron chi connectivity index (χ1n) is 9.53. The van der Waals surface area contributed by atoms with Crippen molar-refractivity contribution >= 4 is 21.6 Å². The molecule has 0 saturated carbocycles. The number of β-amino-alcohol motifs (C(OH)–C–C–N with tert-alkyl or cyclic N) is 1. The van der Waals surface area contributed by atoms with Crippen LogP contribution in [0.5, 0.6) is 0 Å². The van der Waals surface area contributed by atoms with Crippen LogP contribution in [-0.2, 0) is 10.0 Å². The predicted molar refractivity (Wildman–Crippen MR) is 105 cm³/mol. The molecule has 0 aliphatic carbocycles. The summed E-state index contributed by atoms with van der Waals surface area (Å²) in [5.41, 5.74) is 0.884. The average molecular weight is 420 g/mol. The molecule has 9 nitrogen and oxygen atoms in total. The van der Waals surface area contributed by atoms with E-state index >= 15 is 0 Å². The van der Waals surface area contributed by atoms with Crippen LogP contribution in [-0.4, -0.2) is 65.7 Å². The Hall–Kier alpha value is -2.43. The second kappa shape index (κ2) is 7.12. The number of benzene rings is 1. The lowest BCUT2D eigenvalue weighted by Crippen LogP contribution is -2.64. The van der Waals surface area contributed by atoms with Gasteiger partial charge >= 0.3 is 0 Å². The summed E-state index contributed by atoms with van der Waals surface area (Å²) in [5, 5.41) is 16.7. The van der Waals surface area contributed by atoms with E-state index in [0.717, 1.165) is 5.69 Å². The molecule has 0 bridgehead atoms. The van der Waals surface area contributed by atoms with Gasteiger partial charge in [0.1, 0.15) is 16.3 Å². The number of carbonyl (C=O) groups is 1. The summed E-state index contributed by atoms with van der Waals surface area (Å²) in [4.78, 5) is 14.8. The topological polar surface area (TPSA) is 116 Å². The van der Waals surface area contributed by atoms with E-state index in [9.17, 15) is 18.3 Å². The number of rotatable bonds is 4. The van der Waals surface area contributed by atoms with Crippen molar-refractivity contribution in [3.05, 3.63) is 41.3 Å². The quantitative estimate of drug-likeness (QED) is 0.767. The number of aliphatic hydroxyl groups is 1. The summed E-state index contributed by atoms with van der Waals surface area (Å²) in [6.07, 6.45) is 0.797. The number of nitrogens with one attached hydrogen (secondary N) is 1. The molecule has 10 heteroatoms. The second-order valence-electron chi connectivity index (χ2n) is 7.44. The molecule has 1 aromatic heterocycles. The average Bonchev–Trinajstić information content (AvgIpc) is 3.04. The van der Waals surface area contributed by atoms with E-state index < -0.39 is 15.7 Å². The predicted octanol–water partition coefficient (Wildman–Crippen LogP) is 1.33. The van der Waals surface area contributed by atoms with Crippen molar-refractivity contribution < 1.29 is 22.8 Å². The Labute approximate surface area is 169 Å². The van der Waals surface area contributed by atoms with E-state index in [-0.39, 0.29) is 42.8 Å². The number of hydrogen-bond donors (Lipinski definition) is 2. The maximum absolute atomic E-state index is 13.1. The number of carbonyl (C=O) groups excluding carboxylic acids is 1. The van der Waals surface area contributed by atoms with Gasteiger partial charge in [0.2, 0.25) is 10.0 Å². The third-order valence-corrected chi connectivity index (χ3v) is 7.87. The van der Waals surface area contributed by atoms with Gasteiger partial charge in [-0.25, -0.2) is 8.42 Å². The number of fused-ring (bicyclic) bond motifs is 1. The van der Waals surface area contributed by atoms with Crippen LogP contribution in [0, 0.1) is 13.8 Å². The molecule has 2 aliphatic heterocycles. The van der Waals surface area contributed by atoms with Gasteiger partial charge in [-0.2, -0.15) is 4.31 Å². The summed E-state index contributed by atoms with van der Waals surface area (Å²) in [7, 11) is -3.74. The zero-order valence-corrected chi connectivity index (χ0v) is 17.2. The molecule has 1 saturated heterocycles. The van der Waals surface area contributed by atoms with Gasteiger partial charge in [0.05, 0.1) is 12.2 Å². The Bertz CT molecular complexity index is 1020. The Morgan fingerprint density at radius 3 is 2.55 bits per heavy atom. The van der Waals surface area contributed by atoms with Crippen LogP contribution in [0.1, 0.15) is 34.7 Å². The van der Waals surface area contributed by atoms with Gasteiger partial charge in [0.15, 0.2) is 5.76 Å². The number of piperidine rings is 1. The van der Waals surface area contributed by atoms with Crippen LogP contribution >= 0.6 is 0 Å². The van der Waals surface area contributed by atoms with Crippen molar-refractivity contribution in [2.24, 2.45) is 0 Å². The van der Waals surface area contributed by atoms with Gasteiger partial charge in [-0.15, -0.1) is 0 Å². The standard InChI is InChI=1S/C19H24N4O5S/c1-13-17(14(2)28-21-13)29(26,27)22-9-7-19(8-10-22)20-16-6-4-3-5-15(16)18(25)23(19)11-12-24/h3-6,20,24H,7-12H2,1-2H3. The van der Waals surface area contributed by atoms with Gasteiger partial charge in [0, 0.05) is 38.2 Å². The summed E-state index contributed by atoms with van der Waals surface area (Å²) in [6, 6.07) is 7.25. The maximum atomic E-state index is 13.1. The Morgan fingerprint density at radius 1 is 1.24 bits per heavy atom. The lowest BCUT2D eigenvalue weighted by atomic mass is 9.91. The number of anilines is 1. The molecule has 4 rings (SSSR count). The molecule has 0 atom stereocenters. The van der Waals surface area contributed by atoms with Crippen LogP contribution in [0.4, 0.5) is 5.69 Å². The molecule has 3 heterocycles. The van der Waals surface area contributed by atoms with E-state index in [1.165, 1.54) is 4.31 Å². The highest BCUT2D eigenvalue weighted by atomic mass is 32.2. The fourth-order valence-electron chi connectivity index (χ4n) is 4.32. The molecule has 1 spiro atoms.